The Morgan fingerprint density at radius 2 is 1.56 bits per heavy atom. The molecule has 2 atom stereocenters. The lowest BCUT2D eigenvalue weighted by Gasteiger charge is -2.31. The van der Waals surface area contributed by atoms with Crippen LogP contribution < -0.4 is 29.8 Å². The molecule has 5 rings (SSSR count). The van der Waals surface area contributed by atoms with Gasteiger partial charge in [-0.05, 0) is 42.0 Å². The minimum Gasteiger partial charge on any atom is -0.496 e. The maximum atomic E-state index is 14.6. The molecule has 0 fully saturated rings. The fraction of sp³-hybridized carbons (Fsp3) is 0.278. The first-order valence-corrected chi connectivity index (χ1v) is 16.8. The molecule has 0 aliphatic carbocycles. The monoisotopic (exact) mass is 781 g/mol. The quantitative estimate of drug-likeness (QED) is 0.0948. The third-order valence-electron chi connectivity index (χ3n) is 7.92. The van der Waals surface area contributed by atoms with Gasteiger partial charge in [0.25, 0.3) is 5.91 Å². The van der Waals surface area contributed by atoms with E-state index in [1.165, 1.54) is 0 Å². The first-order chi connectivity index (χ1) is 23.3. The van der Waals surface area contributed by atoms with E-state index in [2.05, 4.69) is 42.7 Å². The van der Waals surface area contributed by atoms with E-state index in [-0.39, 0.29) is 19.6 Å². The molecule has 1 aliphatic rings. The van der Waals surface area contributed by atoms with E-state index < -0.39 is 17.6 Å². The zero-order valence-corrected chi connectivity index (χ0v) is 30.0. The van der Waals surface area contributed by atoms with E-state index in [9.17, 15) is 4.79 Å². The van der Waals surface area contributed by atoms with E-state index in [4.69, 9.17) is 33.8 Å². The fourth-order valence-electron chi connectivity index (χ4n) is 5.45. The smallest absolute Gasteiger partial charge is 0.266 e. The van der Waals surface area contributed by atoms with Gasteiger partial charge in [-0.25, -0.2) is 10.4 Å². The van der Waals surface area contributed by atoms with Crippen molar-refractivity contribution in [3.63, 3.8) is 0 Å². The molecule has 0 aromatic heterocycles. The SMILES string of the molecule is COc1cc(OC)c(CNNC(=O)[C@@]2(Cc3ccccc3Br)N=C(c3ccc(OCCCO)cc3)O[C@H]2c2ccccc2Br)c(OC)c1. The van der Waals surface area contributed by atoms with E-state index in [0.717, 1.165) is 20.1 Å². The Kier molecular flexibility index (Phi) is 12.0. The molecule has 0 saturated carbocycles. The van der Waals surface area contributed by atoms with Gasteiger partial charge in [-0.2, -0.15) is 0 Å². The molecule has 0 radical (unpaired) electrons. The van der Waals surface area contributed by atoms with Crippen LogP contribution in [0.15, 0.2) is 98.9 Å². The van der Waals surface area contributed by atoms with Crippen LogP contribution in [0.5, 0.6) is 23.0 Å². The van der Waals surface area contributed by atoms with Crippen LogP contribution in [0, 0.1) is 0 Å². The van der Waals surface area contributed by atoms with Crippen LogP contribution in [0.2, 0.25) is 0 Å². The second-order valence-corrected chi connectivity index (χ2v) is 12.6. The van der Waals surface area contributed by atoms with E-state index in [0.29, 0.717) is 53.1 Å². The minimum absolute atomic E-state index is 0.0525. The maximum absolute atomic E-state index is 14.6. The van der Waals surface area contributed by atoms with Crippen molar-refractivity contribution >= 4 is 43.7 Å². The number of methoxy groups -OCH3 is 3. The maximum Gasteiger partial charge on any atom is 0.266 e. The van der Waals surface area contributed by atoms with Crippen LogP contribution in [-0.2, 0) is 22.5 Å². The van der Waals surface area contributed by atoms with E-state index in [1.807, 2.05) is 72.8 Å². The molecule has 12 heteroatoms. The van der Waals surface area contributed by atoms with Gasteiger partial charge in [0.2, 0.25) is 5.90 Å². The standard InChI is InChI=1S/C36H37Br2N3O7/c1-44-26-19-31(45-2)28(32(20-26)46-3)22-39-41-35(43)36(21-24-9-4-6-11-29(24)37)33(27-10-5-7-12-30(27)38)48-34(40-36)23-13-15-25(16-14-23)47-18-8-17-42/h4-7,9-16,19-20,33,39,42H,8,17-18,21-22H2,1-3H3,(H,41,43)/t33-,36-/m0/s1. The average Bonchev–Trinajstić information content (AvgIpc) is 3.49. The lowest BCUT2D eigenvalue weighted by molar-refractivity contribution is -0.130. The molecule has 48 heavy (non-hydrogen) atoms. The van der Waals surface area contributed by atoms with Crippen molar-refractivity contribution in [2.75, 3.05) is 34.5 Å². The molecule has 1 heterocycles. The predicted molar refractivity (Wildman–Crippen MR) is 190 cm³/mol. The Morgan fingerprint density at radius 1 is 0.896 bits per heavy atom. The summed E-state index contributed by atoms with van der Waals surface area (Å²) in [7, 11) is 4.69. The molecular weight excluding hydrogens is 746 g/mol. The van der Waals surface area contributed by atoms with Gasteiger partial charge < -0.3 is 28.8 Å². The second-order valence-electron chi connectivity index (χ2n) is 10.9. The summed E-state index contributed by atoms with van der Waals surface area (Å²) in [6.07, 6.45) is -0.0543. The fourth-order valence-corrected chi connectivity index (χ4v) is 6.37. The Balaban J connectivity index is 1.54. The van der Waals surface area contributed by atoms with Crippen LogP contribution in [0.4, 0.5) is 0 Å². The minimum atomic E-state index is -1.44. The van der Waals surface area contributed by atoms with Crippen molar-refractivity contribution in [2.24, 2.45) is 4.99 Å². The summed E-state index contributed by atoms with van der Waals surface area (Å²) < 4.78 is 30.6. The molecule has 4 aromatic rings. The number of ether oxygens (including phenoxy) is 5. The Morgan fingerprint density at radius 3 is 2.19 bits per heavy atom. The average molecular weight is 784 g/mol. The summed E-state index contributed by atoms with van der Waals surface area (Å²) in [5.74, 6) is 2.22. The van der Waals surface area contributed by atoms with Crippen molar-refractivity contribution in [2.45, 2.75) is 31.0 Å². The molecule has 10 nitrogen and oxygen atoms in total. The molecular formula is C36H37Br2N3O7. The van der Waals surface area contributed by atoms with Crippen molar-refractivity contribution in [3.8, 4) is 23.0 Å². The van der Waals surface area contributed by atoms with Crippen molar-refractivity contribution in [3.05, 3.63) is 116 Å². The highest BCUT2D eigenvalue weighted by atomic mass is 79.9. The predicted octanol–water partition coefficient (Wildman–Crippen LogP) is 6.32. The molecule has 1 amide bonds. The van der Waals surface area contributed by atoms with Gasteiger partial charge >= 0.3 is 0 Å². The van der Waals surface area contributed by atoms with Gasteiger partial charge in [0, 0.05) is 58.2 Å². The van der Waals surface area contributed by atoms with Crippen LogP contribution in [0.1, 0.15) is 34.8 Å². The number of aliphatic hydroxyl groups is 1. The Labute approximate surface area is 296 Å². The number of hydrogen-bond acceptors (Lipinski definition) is 9. The highest BCUT2D eigenvalue weighted by Gasteiger charge is 2.54. The topological polar surface area (TPSA) is 120 Å². The number of nitrogens with one attached hydrogen (secondary N) is 2. The van der Waals surface area contributed by atoms with Gasteiger partial charge in [0.05, 0.1) is 33.5 Å². The van der Waals surface area contributed by atoms with Gasteiger partial charge in [0.1, 0.15) is 23.0 Å². The zero-order chi connectivity index (χ0) is 34.1. The van der Waals surface area contributed by atoms with Crippen molar-refractivity contribution in [1.29, 1.82) is 0 Å². The normalized spacial score (nSPS) is 16.9. The number of carbonyl (C=O) groups excluding carboxylic acids is 1. The first-order valence-electron chi connectivity index (χ1n) is 15.2. The zero-order valence-electron chi connectivity index (χ0n) is 26.8. The highest BCUT2D eigenvalue weighted by Crippen LogP contribution is 2.45. The third-order valence-corrected chi connectivity index (χ3v) is 9.42. The van der Waals surface area contributed by atoms with Crippen molar-refractivity contribution in [1.82, 2.24) is 10.9 Å². The van der Waals surface area contributed by atoms with Crippen LogP contribution in [0.25, 0.3) is 0 Å². The molecule has 1 aliphatic heterocycles. The lowest BCUT2D eigenvalue weighted by Crippen LogP contribution is -2.53. The molecule has 252 valence electrons. The van der Waals surface area contributed by atoms with Crippen molar-refractivity contribution < 1.29 is 33.6 Å². The van der Waals surface area contributed by atoms with E-state index >= 15 is 0 Å². The number of amides is 1. The van der Waals surface area contributed by atoms with Crippen LogP contribution in [-0.4, -0.2) is 57.0 Å². The molecule has 0 bridgehead atoms. The van der Waals surface area contributed by atoms with Gasteiger partial charge in [-0.15, -0.1) is 0 Å². The number of carbonyl (C=O) groups is 1. The van der Waals surface area contributed by atoms with Gasteiger partial charge in [0.15, 0.2) is 11.6 Å². The summed E-state index contributed by atoms with van der Waals surface area (Å²) in [5.41, 5.74) is 7.58. The molecule has 0 saturated heterocycles. The van der Waals surface area contributed by atoms with E-state index in [1.54, 1.807) is 33.5 Å². The number of rotatable bonds is 15. The number of halogens is 2. The number of hydrazine groups is 1. The Bertz CT molecular complexity index is 1730. The number of nitrogens with zero attached hydrogens (tertiary/aromatic N) is 1. The number of benzene rings is 4. The Hall–Kier alpha value is -4.10. The third kappa shape index (κ3) is 7.78. The first kappa shape index (κ1) is 35.2. The molecule has 0 spiro atoms. The summed E-state index contributed by atoms with van der Waals surface area (Å²) in [4.78, 5) is 19.7. The number of aliphatic hydroxyl groups excluding tert-OH is 1. The van der Waals surface area contributed by atoms with Crippen LogP contribution >= 0.6 is 31.9 Å². The lowest BCUT2D eigenvalue weighted by atomic mass is 9.82. The van der Waals surface area contributed by atoms with Gasteiger partial charge in [-0.1, -0.05) is 68.3 Å². The summed E-state index contributed by atoms with van der Waals surface area (Å²) in [5, 5.41) is 9.09. The van der Waals surface area contributed by atoms with Crippen LogP contribution in [0.3, 0.4) is 0 Å². The summed E-state index contributed by atoms with van der Waals surface area (Å²) in [6, 6.07) is 26.2. The molecule has 0 unspecified atom stereocenters. The van der Waals surface area contributed by atoms with Gasteiger partial charge in [-0.3, -0.25) is 10.2 Å². The summed E-state index contributed by atoms with van der Waals surface area (Å²) in [6.45, 7) is 0.632. The largest absolute Gasteiger partial charge is 0.496 e. The second kappa shape index (κ2) is 16.3. The summed E-state index contributed by atoms with van der Waals surface area (Å²) >= 11 is 7.36. The molecule has 4 aromatic carbocycles. The number of hydrogen-bond donors (Lipinski definition) is 3. The number of aliphatic imine (C=N–C) groups is 1. The molecule has 3 N–H and O–H groups in total. The highest BCUT2D eigenvalue weighted by molar-refractivity contribution is 9.10.